The number of carboxylic acids is 1. The smallest absolute Gasteiger partial charge is 0.306 e. The number of benzene rings is 1. The van der Waals surface area contributed by atoms with Crippen LogP contribution in [0.5, 0.6) is 0 Å². The SMILES string of the molecule is CCC[C@@]1(CC(=O)O)OCCc2c1[nH]c1c(C)cc(F)c(C#N)c21. The Morgan fingerprint density at radius 2 is 2.33 bits per heavy atom. The number of carboxylic acid groups (broad SMARTS) is 1. The van der Waals surface area contributed by atoms with Crippen molar-refractivity contribution in [1.29, 1.82) is 5.26 Å². The van der Waals surface area contributed by atoms with Crippen molar-refractivity contribution in [2.75, 3.05) is 6.61 Å². The number of nitrogens with zero attached hydrogens (tertiary/aromatic N) is 1. The highest BCUT2D eigenvalue weighted by atomic mass is 19.1. The standard InChI is InChI=1S/C18H19FN2O3/c1-3-5-18(8-14(22)23)17-11(4-6-24-18)15-12(9-20)13(19)7-10(2)16(15)21-17/h7,21H,3-6,8H2,1-2H3,(H,22,23)/t18-/m0/s1. The lowest BCUT2D eigenvalue weighted by atomic mass is 9.84. The van der Waals surface area contributed by atoms with Crippen LogP contribution in [-0.4, -0.2) is 22.7 Å². The Hall–Kier alpha value is -2.39. The van der Waals surface area contributed by atoms with Gasteiger partial charge in [-0.1, -0.05) is 13.3 Å². The summed E-state index contributed by atoms with van der Waals surface area (Å²) in [6, 6.07) is 3.29. The molecule has 2 aromatic rings. The van der Waals surface area contributed by atoms with Crippen molar-refractivity contribution < 1.29 is 19.0 Å². The maximum atomic E-state index is 14.2. The highest BCUT2D eigenvalue weighted by molar-refractivity contribution is 5.93. The van der Waals surface area contributed by atoms with E-state index in [1.165, 1.54) is 6.07 Å². The van der Waals surface area contributed by atoms with Crippen molar-refractivity contribution in [2.24, 2.45) is 0 Å². The molecule has 0 saturated carbocycles. The lowest BCUT2D eigenvalue weighted by Crippen LogP contribution is -2.37. The number of H-pyrrole nitrogens is 1. The van der Waals surface area contributed by atoms with E-state index in [9.17, 15) is 19.6 Å². The summed E-state index contributed by atoms with van der Waals surface area (Å²) in [5.74, 6) is -1.49. The second-order valence-corrected chi connectivity index (χ2v) is 6.30. The molecule has 1 aliphatic heterocycles. The Labute approximate surface area is 139 Å². The van der Waals surface area contributed by atoms with E-state index in [4.69, 9.17) is 4.74 Å². The molecule has 0 radical (unpaired) electrons. The van der Waals surface area contributed by atoms with Crippen molar-refractivity contribution in [3.63, 3.8) is 0 Å². The first-order valence-corrected chi connectivity index (χ1v) is 8.03. The van der Waals surface area contributed by atoms with Gasteiger partial charge in [-0.2, -0.15) is 5.26 Å². The number of hydrogen-bond acceptors (Lipinski definition) is 3. The minimum atomic E-state index is -0.956. The van der Waals surface area contributed by atoms with Gasteiger partial charge < -0.3 is 14.8 Å². The molecular formula is C18H19FN2O3. The molecule has 2 heterocycles. The van der Waals surface area contributed by atoms with Crippen LogP contribution in [0.15, 0.2) is 6.07 Å². The molecule has 6 heteroatoms. The van der Waals surface area contributed by atoms with E-state index in [-0.39, 0.29) is 12.0 Å². The zero-order valence-electron chi connectivity index (χ0n) is 13.7. The van der Waals surface area contributed by atoms with Crippen LogP contribution in [-0.2, 0) is 21.6 Å². The number of halogens is 1. The molecular weight excluding hydrogens is 311 g/mol. The predicted molar refractivity (Wildman–Crippen MR) is 86.2 cm³/mol. The quantitative estimate of drug-likeness (QED) is 0.898. The lowest BCUT2D eigenvalue weighted by Gasteiger charge is -2.36. The van der Waals surface area contributed by atoms with Gasteiger partial charge in [0, 0.05) is 5.39 Å². The van der Waals surface area contributed by atoms with Crippen molar-refractivity contribution in [3.05, 3.63) is 34.3 Å². The molecule has 126 valence electrons. The fourth-order valence-corrected chi connectivity index (χ4v) is 3.81. The van der Waals surface area contributed by atoms with Crippen LogP contribution in [0, 0.1) is 24.1 Å². The summed E-state index contributed by atoms with van der Waals surface area (Å²) in [5, 5.41) is 19.3. The number of aromatic amines is 1. The fraction of sp³-hybridized carbons (Fsp3) is 0.444. The number of aliphatic carboxylic acids is 1. The van der Waals surface area contributed by atoms with Crippen LogP contribution in [0.25, 0.3) is 10.9 Å². The van der Waals surface area contributed by atoms with Crippen LogP contribution < -0.4 is 0 Å². The van der Waals surface area contributed by atoms with Crippen LogP contribution in [0.3, 0.4) is 0 Å². The van der Waals surface area contributed by atoms with Gasteiger partial charge >= 0.3 is 5.97 Å². The van der Waals surface area contributed by atoms with E-state index in [0.29, 0.717) is 41.6 Å². The molecule has 1 aliphatic rings. The molecule has 1 aromatic heterocycles. The summed E-state index contributed by atoms with van der Waals surface area (Å²) in [4.78, 5) is 14.7. The van der Waals surface area contributed by atoms with E-state index in [2.05, 4.69) is 4.98 Å². The van der Waals surface area contributed by atoms with Gasteiger partial charge in [0.05, 0.1) is 29.8 Å². The van der Waals surface area contributed by atoms with E-state index >= 15 is 0 Å². The molecule has 5 nitrogen and oxygen atoms in total. The Balaban J connectivity index is 2.34. The number of aromatic nitrogens is 1. The molecule has 0 fully saturated rings. The Morgan fingerprint density at radius 1 is 1.58 bits per heavy atom. The Bertz CT molecular complexity index is 865. The number of nitrogens with one attached hydrogen (secondary N) is 1. The molecule has 0 unspecified atom stereocenters. The summed E-state index contributed by atoms with van der Waals surface area (Å²) in [5.41, 5.74) is 1.92. The molecule has 1 aromatic carbocycles. The zero-order valence-corrected chi connectivity index (χ0v) is 13.7. The third-order valence-corrected chi connectivity index (χ3v) is 4.72. The average Bonchev–Trinajstić information content (AvgIpc) is 2.89. The first-order chi connectivity index (χ1) is 11.4. The summed E-state index contributed by atoms with van der Waals surface area (Å²) in [6.07, 6.45) is 1.66. The molecule has 2 N–H and O–H groups in total. The molecule has 0 spiro atoms. The largest absolute Gasteiger partial charge is 0.481 e. The first kappa shape index (κ1) is 16.5. The molecule has 0 saturated heterocycles. The lowest BCUT2D eigenvalue weighted by molar-refractivity contribution is -0.149. The average molecular weight is 330 g/mol. The molecule has 0 aliphatic carbocycles. The van der Waals surface area contributed by atoms with Gasteiger partial charge in [0.2, 0.25) is 0 Å². The molecule has 24 heavy (non-hydrogen) atoms. The third-order valence-electron chi connectivity index (χ3n) is 4.72. The van der Waals surface area contributed by atoms with E-state index < -0.39 is 17.4 Å². The molecule has 0 amide bonds. The minimum absolute atomic E-state index is 0.00993. The van der Waals surface area contributed by atoms with Gasteiger partial charge in [0.1, 0.15) is 17.5 Å². The maximum Gasteiger partial charge on any atom is 0.306 e. The molecule has 3 rings (SSSR count). The number of aryl methyl sites for hydroxylation is 1. The summed E-state index contributed by atoms with van der Waals surface area (Å²) >= 11 is 0. The van der Waals surface area contributed by atoms with Crippen LogP contribution in [0.1, 0.15) is 48.6 Å². The van der Waals surface area contributed by atoms with Crippen LogP contribution >= 0.6 is 0 Å². The predicted octanol–water partition coefficient (Wildman–Crippen LogP) is 3.53. The summed E-state index contributed by atoms with van der Waals surface area (Å²) in [6.45, 7) is 4.09. The normalized spacial score (nSPS) is 19.9. The van der Waals surface area contributed by atoms with Crippen molar-refractivity contribution in [3.8, 4) is 6.07 Å². The van der Waals surface area contributed by atoms with Gasteiger partial charge in [-0.3, -0.25) is 4.79 Å². The second kappa shape index (κ2) is 5.91. The number of fused-ring (bicyclic) bond motifs is 3. The Kier molecular flexibility index (Phi) is 4.06. The van der Waals surface area contributed by atoms with Gasteiger partial charge in [-0.25, -0.2) is 4.39 Å². The first-order valence-electron chi connectivity index (χ1n) is 8.03. The van der Waals surface area contributed by atoms with Crippen LogP contribution in [0.4, 0.5) is 4.39 Å². The monoisotopic (exact) mass is 330 g/mol. The van der Waals surface area contributed by atoms with Gasteiger partial charge in [0.15, 0.2) is 0 Å². The third kappa shape index (κ3) is 2.36. The van der Waals surface area contributed by atoms with Gasteiger partial charge in [-0.05, 0) is 37.0 Å². The number of rotatable bonds is 4. The van der Waals surface area contributed by atoms with E-state index in [0.717, 1.165) is 12.0 Å². The number of ether oxygens (including phenoxy) is 1. The highest BCUT2D eigenvalue weighted by Gasteiger charge is 2.42. The minimum Gasteiger partial charge on any atom is -0.481 e. The Morgan fingerprint density at radius 3 is 2.96 bits per heavy atom. The topological polar surface area (TPSA) is 86.1 Å². The summed E-state index contributed by atoms with van der Waals surface area (Å²) < 4.78 is 20.1. The molecule has 0 bridgehead atoms. The van der Waals surface area contributed by atoms with E-state index in [1.54, 1.807) is 6.92 Å². The second-order valence-electron chi connectivity index (χ2n) is 6.30. The van der Waals surface area contributed by atoms with Crippen molar-refractivity contribution >= 4 is 16.9 Å². The zero-order chi connectivity index (χ0) is 17.5. The highest BCUT2D eigenvalue weighted by Crippen LogP contribution is 2.43. The maximum absolute atomic E-state index is 14.2. The van der Waals surface area contributed by atoms with E-state index in [1.807, 2.05) is 13.0 Å². The molecule has 1 atom stereocenters. The fourth-order valence-electron chi connectivity index (χ4n) is 3.81. The number of carbonyl (C=O) groups is 1. The van der Waals surface area contributed by atoms with Crippen molar-refractivity contribution in [1.82, 2.24) is 4.98 Å². The van der Waals surface area contributed by atoms with Crippen molar-refractivity contribution in [2.45, 2.75) is 45.1 Å². The number of nitriles is 1. The number of hydrogen-bond donors (Lipinski definition) is 2. The van der Waals surface area contributed by atoms with Gasteiger partial charge in [-0.15, -0.1) is 0 Å². The summed E-state index contributed by atoms with van der Waals surface area (Å²) in [7, 11) is 0. The van der Waals surface area contributed by atoms with Gasteiger partial charge in [0.25, 0.3) is 0 Å². The van der Waals surface area contributed by atoms with Crippen LogP contribution in [0.2, 0.25) is 0 Å².